The van der Waals surface area contributed by atoms with E-state index in [4.69, 9.17) is 0 Å². The fourth-order valence-corrected chi connectivity index (χ4v) is 13.9. The number of nitrogens with zero attached hydrogens (tertiary/aromatic N) is 3. The van der Waals surface area contributed by atoms with E-state index in [-0.39, 0.29) is 25.4 Å². The number of fused-ring (bicyclic) bond motifs is 6. The molecule has 29 heteroatoms. The molecule has 1 fully saturated rings. The van der Waals surface area contributed by atoms with Gasteiger partial charge in [0, 0.05) is 74.8 Å². The van der Waals surface area contributed by atoms with Crippen molar-refractivity contribution >= 4 is 81.6 Å². The Balaban J connectivity index is 1.45. The molecule has 5 aliphatic rings. The van der Waals surface area contributed by atoms with Gasteiger partial charge in [-0.05, 0) is 136 Å². The van der Waals surface area contributed by atoms with Crippen LogP contribution in [0.3, 0.4) is 0 Å². The Morgan fingerprint density at radius 1 is 0.694 bits per heavy atom. The number of hydrogen-bond donors (Lipinski definition) is 2. The molecule has 2 N–H and O–H groups in total. The maximum Gasteiger partial charge on any atom is 0.206 e. The van der Waals surface area contributed by atoms with E-state index in [9.17, 15) is 72.6 Å². The second-order valence-electron chi connectivity index (χ2n) is 18.5. The van der Waals surface area contributed by atoms with Gasteiger partial charge in [-0.3, -0.25) is 10.1 Å². The van der Waals surface area contributed by atoms with Crippen LogP contribution in [0.1, 0.15) is 76.3 Å². The average Bonchev–Trinajstić information content (AvgIpc) is 3.85. The zero-order valence-corrected chi connectivity index (χ0v) is 43.5. The average molecular weight is 1120 g/mol. The lowest BCUT2D eigenvalue weighted by Crippen LogP contribution is -2.39. The summed E-state index contributed by atoms with van der Waals surface area (Å²) < 4.78 is 156. The van der Waals surface area contributed by atoms with Crippen molar-refractivity contribution in [3.63, 3.8) is 0 Å². The quantitative estimate of drug-likeness (QED) is 0.0413. The summed E-state index contributed by atoms with van der Waals surface area (Å²) >= 11 is 1.28. The third kappa shape index (κ3) is 12.8. The third-order valence-corrected chi connectivity index (χ3v) is 17.8. The van der Waals surface area contributed by atoms with E-state index in [2.05, 4.69) is 18.7 Å². The molecule has 23 nitrogen and oxygen atoms in total. The Labute approximate surface area is 425 Å². The minimum absolute atomic E-state index is 0.0102. The van der Waals surface area contributed by atoms with Gasteiger partial charge in [0.05, 0.1) is 72.4 Å². The first-order valence-electron chi connectivity index (χ1n) is 22.3. The maximum absolute atomic E-state index is 12.3. The molecule has 398 valence electrons. The number of hydrogen-bond acceptors (Lipinski definition) is 24. The van der Waals surface area contributed by atoms with Gasteiger partial charge in [0.2, 0.25) is 5.71 Å². The van der Waals surface area contributed by atoms with Gasteiger partial charge in [0.15, 0.2) is 13.1 Å². The molecule has 0 saturated heterocycles. The highest BCUT2D eigenvalue weighted by molar-refractivity contribution is 7.94. The summed E-state index contributed by atoms with van der Waals surface area (Å²) in [6.07, 6.45) is 3.95. The van der Waals surface area contributed by atoms with Crippen LogP contribution in [0, 0.1) is 0 Å². The van der Waals surface area contributed by atoms with Crippen LogP contribution in [0.25, 0.3) is 0 Å². The van der Waals surface area contributed by atoms with Crippen molar-refractivity contribution in [3.05, 3.63) is 93.4 Å². The van der Waals surface area contributed by atoms with Crippen molar-refractivity contribution < 1.29 is 95.9 Å². The number of allylic oxidation sites excluding steroid dienone is 8. The lowest BCUT2D eigenvalue weighted by atomic mass is 9.71. The third-order valence-electron chi connectivity index (χ3n) is 13.6. The molecule has 4 atom stereocenters. The molecule has 72 heavy (non-hydrogen) atoms. The SMILES string of the molecule is CC12CCCC(/C=C3\CC/C(=C\C4=C5N(CC(O)CS(=O)(=O)[O-])c6ccc(S(=O)(=O)[O-])cc6C5(C)CCC4)C3=[N+](CCSOO[O-])CCS(=O)(=O)[O-])=C1N(CC(O)CS(=O)(=O)[O-])c1ccc(SOO[O-])cc12. The summed E-state index contributed by atoms with van der Waals surface area (Å²) in [5, 5.41) is 50.7. The van der Waals surface area contributed by atoms with Crippen LogP contribution in [0.15, 0.2) is 92.0 Å². The van der Waals surface area contributed by atoms with Crippen LogP contribution < -0.4 is 20.3 Å². The topological polar surface area (TPSA) is 362 Å². The molecule has 0 radical (unpaired) electrons. The summed E-state index contributed by atoms with van der Waals surface area (Å²) in [7, 11) is -19.6. The van der Waals surface area contributed by atoms with Gasteiger partial charge in [0.1, 0.15) is 20.2 Å². The Morgan fingerprint density at radius 3 is 1.67 bits per heavy atom. The molecular formula is C43H50N3O20S6-5. The van der Waals surface area contributed by atoms with E-state index < -0.39 is 92.2 Å². The molecule has 7 rings (SSSR count). The molecule has 2 aliphatic heterocycles. The number of rotatable bonds is 22. The van der Waals surface area contributed by atoms with Crippen molar-refractivity contribution in [2.24, 2.45) is 0 Å². The van der Waals surface area contributed by atoms with Gasteiger partial charge >= 0.3 is 0 Å². The van der Waals surface area contributed by atoms with E-state index in [0.29, 0.717) is 131 Å². The lowest BCUT2D eigenvalue weighted by molar-refractivity contribution is -0.777. The molecule has 0 amide bonds. The fourth-order valence-electron chi connectivity index (χ4n) is 11.0. The summed E-state index contributed by atoms with van der Waals surface area (Å²) in [5.41, 5.74) is 4.54. The second-order valence-corrected chi connectivity index (χ2v) is 25.9. The van der Waals surface area contributed by atoms with Crippen LogP contribution in [-0.4, -0.2) is 134 Å². The fraction of sp³-hybridized carbons (Fsp3) is 0.512. The van der Waals surface area contributed by atoms with Crippen LogP contribution in [0.5, 0.6) is 0 Å². The molecule has 3 aliphatic carbocycles. The van der Waals surface area contributed by atoms with E-state index in [1.165, 1.54) is 12.1 Å². The van der Waals surface area contributed by atoms with Gasteiger partial charge in [-0.2, -0.15) is 8.67 Å². The predicted molar refractivity (Wildman–Crippen MR) is 251 cm³/mol. The Morgan fingerprint density at radius 2 is 1.19 bits per heavy atom. The summed E-state index contributed by atoms with van der Waals surface area (Å²) in [4.78, 5) is 3.32. The van der Waals surface area contributed by atoms with E-state index in [0.717, 1.165) is 17.2 Å². The highest BCUT2D eigenvalue weighted by atomic mass is 32.2. The van der Waals surface area contributed by atoms with Gasteiger partial charge in [-0.25, -0.2) is 38.2 Å². The van der Waals surface area contributed by atoms with Crippen LogP contribution in [-0.2, 0) is 70.0 Å². The number of anilines is 2. The largest absolute Gasteiger partial charge is 0.748 e. The number of aliphatic hydroxyl groups is 2. The van der Waals surface area contributed by atoms with Gasteiger partial charge in [0.25, 0.3) is 0 Å². The standard InChI is InChI=1S/C43H55N3O20S6/c1-42-13-3-5-29(40(42)45(23-31(47)25-70(54,55)56)37-11-9-33(21-35(37)42)68-66-64-50)19-27-7-8-28(39(27)44(15-17-67-65-63-49)16-18-69(51,52)53)20-30-6-4-14-43(2)36-22-34(72(60,61)62)10-12-38(36)46(41(30)43)24-32(48)26-71(57,58)59/h9-12,19-22,31-32,47-48H,3-8,13-18,23-26H2,1-2H3,(H5-,49,50,51,52,53,54,55,56,57,58,59,60,61,62)/p-5. The zero-order valence-electron chi connectivity index (χ0n) is 38.6. The van der Waals surface area contributed by atoms with Crippen LogP contribution >= 0.6 is 24.1 Å². The minimum Gasteiger partial charge on any atom is -0.748 e. The predicted octanol–water partition coefficient (Wildman–Crippen LogP) is 0.882. The molecule has 4 unspecified atom stereocenters. The monoisotopic (exact) mass is 1120 g/mol. The van der Waals surface area contributed by atoms with Gasteiger partial charge in [-0.1, -0.05) is 0 Å². The molecule has 2 aromatic rings. The van der Waals surface area contributed by atoms with E-state index >= 15 is 0 Å². The Bertz CT molecular complexity index is 3070. The van der Waals surface area contributed by atoms with Crippen molar-refractivity contribution in [1.82, 2.24) is 0 Å². The summed E-state index contributed by atoms with van der Waals surface area (Å²) in [5.74, 6) is -3.06. The van der Waals surface area contributed by atoms with E-state index in [1.54, 1.807) is 32.6 Å². The zero-order chi connectivity index (χ0) is 52.6. The summed E-state index contributed by atoms with van der Waals surface area (Å²) in [6, 6.07) is 8.83. The van der Waals surface area contributed by atoms with Crippen LogP contribution in [0.4, 0.5) is 11.4 Å². The first kappa shape index (κ1) is 56.4. The van der Waals surface area contributed by atoms with Crippen molar-refractivity contribution in [3.8, 4) is 0 Å². The molecule has 2 aromatic carbocycles. The normalized spacial score (nSPS) is 24.2. The Hall–Kier alpha value is -3.31. The van der Waals surface area contributed by atoms with E-state index in [1.807, 2.05) is 26.0 Å². The maximum atomic E-state index is 12.3. The second kappa shape index (κ2) is 22.1. The molecule has 0 aromatic heterocycles. The molecule has 2 heterocycles. The molecule has 0 bridgehead atoms. The van der Waals surface area contributed by atoms with Crippen LogP contribution in [0.2, 0.25) is 0 Å². The summed E-state index contributed by atoms with van der Waals surface area (Å²) in [6.45, 7) is 2.68. The smallest absolute Gasteiger partial charge is 0.206 e. The number of aliphatic hydroxyl groups excluding tert-OH is 2. The molecule has 0 spiro atoms. The van der Waals surface area contributed by atoms with Gasteiger partial charge < -0.3 is 48.7 Å². The Kier molecular flexibility index (Phi) is 17.3. The lowest BCUT2D eigenvalue weighted by Gasteiger charge is -2.37. The minimum atomic E-state index is -4.96. The first-order valence-corrected chi connectivity index (χ1v) is 30.1. The van der Waals surface area contributed by atoms with Gasteiger partial charge in [-0.15, -0.1) is 0 Å². The highest BCUT2D eigenvalue weighted by Crippen LogP contribution is 2.57. The van der Waals surface area contributed by atoms with Crippen molar-refractivity contribution in [1.29, 1.82) is 0 Å². The first-order chi connectivity index (χ1) is 33.7. The van der Waals surface area contributed by atoms with Crippen molar-refractivity contribution in [2.45, 2.75) is 98.0 Å². The van der Waals surface area contributed by atoms with Crippen molar-refractivity contribution in [2.75, 3.05) is 59.0 Å². The number of β-amino-alcohol motifs (C(OH)–C–C–N with tert-alkyl or cyclic N) is 2. The highest BCUT2D eigenvalue weighted by Gasteiger charge is 2.49. The molecular weight excluding hydrogens is 1070 g/mol. The molecule has 1 saturated carbocycles. The number of benzene rings is 2.